The summed E-state index contributed by atoms with van der Waals surface area (Å²) in [6, 6.07) is 11.0. The molecule has 21 heavy (non-hydrogen) atoms. The van der Waals surface area contributed by atoms with Crippen LogP contribution < -0.4 is 14.8 Å². The van der Waals surface area contributed by atoms with E-state index in [1.165, 1.54) is 32.4 Å². The van der Waals surface area contributed by atoms with Gasteiger partial charge in [0.1, 0.15) is 10.6 Å². The van der Waals surface area contributed by atoms with Crippen molar-refractivity contribution in [3.63, 3.8) is 0 Å². The van der Waals surface area contributed by atoms with Crippen molar-refractivity contribution in [2.75, 3.05) is 24.2 Å². The highest BCUT2D eigenvalue weighted by atomic mass is 35.5. The fourth-order valence-electron chi connectivity index (χ4n) is 1.85. The van der Waals surface area contributed by atoms with Gasteiger partial charge in [-0.15, -0.1) is 0 Å². The summed E-state index contributed by atoms with van der Waals surface area (Å²) in [4.78, 5) is 0.0113. The fraction of sp³-hybridized carbons (Fsp3) is 0.143. The minimum atomic E-state index is -3.77. The van der Waals surface area contributed by atoms with E-state index in [4.69, 9.17) is 22.1 Å². The zero-order valence-corrected chi connectivity index (χ0v) is 13.1. The van der Waals surface area contributed by atoms with Crippen molar-refractivity contribution in [3.8, 4) is 5.75 Å². The molecule has 0 heterocycles. The highest BCUT2D eigenvalue weighted by molar-refractivity contribution is 7.93. The molecule has 5 nitrogen and oxygen atoms in total. The lowest BCUT2D eigenvalue weighted by molar-refractivity contribution is 0.415. The van der Waals surface area contributed by atoms with Crippen molar-refractivity contribution in [2.24, 2.45) is 0 Å². The number of anilines is 2. The van der Waals surface area contributed by atoms with Crippen LogP contribution in [0.2, 0.25) is 5.02 Å². The van der Waals surface area contributed by atoms with Crippen LogP contribution in [0.3, 0.4) is 0 Å². The Morgan fingerprint density at radius 3 is 2.52 bits per heavy atom. The van der Waals surface area contributed by atoms with Gasteiger partial charge in [-0.1, -0.05) is 17.7 Å². The lowest BCUT2D eigenvalue weighted by Gasteiger charge is -2.21. The summed E-state index contributed by atoms with van der Waals surface area (Å²) in [5.74, 6) is 0.568. The largest absolute Gasteiger partial charge is 0.497 e. The van der Waals surface area contributed by atoms with Gasteiger partial charge >= 0.3 is 0 Å². The Bertz CT molecular complexity index is 763. The minimum Gasteiger partial charge on any atom is -0.497 e. The molecule has 0 aromatic heterocycles. The van der Waals surface area contributed by atoms with Crippen LogP contribution in [-0.4, -0.2) is 22.6 Å². The quantitative estimate of drug-likeness (QED) is 0.877. The van der Waals surface area contributed by atoms with E-state index < -0.39 is 10.0 Å². The number of benzene rings is 2. The molecule has 7 heteroatoms. The normalized spacial score (nSPS) is 11.2. The number of methoxy groups -OCH3 is 1. The van der Waals surface area contributed by atoms with Gasteiger partial charge in [0.25, 0.3) is 10.0 Å². The number of ether oxygens (including phenoxy) is 1. The summed E-state index contributed by atoms with van der Waals surface area (Å²) < 4.78 is 31.5. The van der Waals surface area contributed by atoms with E-state index in [1.807, 2.05) is 0 Å². The van der Waals surface area contributed by atoms with Crippen LogP contribution in [0.15, 0.2) is 47.4 Å². The molecular formula is C14H15ClN2O3S. The number of sulfonamides is 1. The van der Waals surface area contributed by atoms with Gasteiger partial charge in [-0.05, 0) is 30.3 Å². The van der Waals surface area contributed by atoms with Crippen molar-refractivity contribution >= 4 is 33.0 Å². The maximum atomic E-state index is 12.6. The molecule has 112 valence electrons. The second-order valence-electron chi connectivity index (χ2n) is 4.36. The predicted octanol–water partition coefficient (Wildman–Crippen LogP) is 2.76. The monoisotopic (exact) mass is 326 g/mol. The Hall–Kier alpha value is -1.92. The molecule has 0 saturated carbocycles. The van der Waals surface area contributed by atoms with E-state index in [2.05, 4.69) is 0 Å². The van der Waals surface area contributed by atoms with Crippen molar-refractivity contribution in [1.29, 1.82) is 0 Å². The first-order chi connectivity index (χ1) is 9.86. The van der Waals surface area contributed by atoms with Crippen LogP contribution >= 0.6 is 11.6 Å². The second kappa shape index (κ2) is 5.83. The summed E-state index contributed by atoms with van der Waals surface area (Å²) in [5, 5.41) is 0.385. The van der Waals surface area contributed by atoms with E-state index in [0.717, 1.165) is 4.31 Å². The Morgan fingerprint density at radius 1 is 1.19 bits per heavy atom. The molecule has 2 rings (SSSR count). The maximum absolute atomic E-state index is 12.6. The third-order valence-electron chi connectivity index (χ3n) is 3.03. The van der Waals surface area contributed by atoms with Gasteiger partial charge in [-0.3, -0.25) is 4.31 Å². The molecule has 0 amide bonds. The van der Waals surface area contributed by atoms with Crippen LogP contribution in [0.5, 0.6) is 5.75 Å². The molecule has 0 radical (unpaired) electrons. The molecule has 0 atom stereocenters. The number of halogens is 1. The molecule has 0 aliphatic carbocycles. The zero-order chi connectivity index (χ0) is 15.6. The van der Waals surface area contributed by atoms with Crippen LogP contribution in [0.4, 0.5) is 11.4 Å². The number of hydrogen-bond acceptors (Lipinski definition) is 4. The molecule has 0 bridgehead atoms. The summed E-state index contributed by atoms with van der Waals surface area (Å²) in [5.41, 5.74) is 6.35. The smallest absolute Gasteiger partial charge is 0.266 e. The lowest BCUT2D eigenvalue weighted by Crippen LogP contribution is -2.27. The Kier molecular flexibility index (Phi) is 4.29. The van der Waals surface area contributed by atoms with Crippen molar-refractivity contribution in [2.45, 2.75) is 4.90 Å². The van der Waals surface area contributed by atoms with Crippen molar-refractivity contribution in [1.82, 2.24) is 0 Å². The summed E-state index contributed by atoms with van der Waals surface area (Å²) in [6.45, 7) is 0. The van der Waals surface area contributed by atoms with E-state index in [1.54, 1.807) is 24.3 Å². The molecule has 0 unspecified atom stereocenters. The molecule has 0 fully saturated rings. The molecule has 2 aromatic rings. The van der Waals surface area contributed by atoms with Gasteiger partial charge in [-0.2, -0.15) is 0 Å². The topological polar surface area (TPSA) is 72.6 Å². The van der Waals surface area contributed by atoms with Gasteiger partial charge in [0.05, 0.1) is 18.5 Å². The van der Waals surface area contributed by atoms with E-state index in [0.29, 0.717) is 16.5 Å². The van der Waals surface area contributed by atoms with Gasteiger partial charge in [-0.25, -0.2) is 8.42 Å². The molecule has 2 N–H and O–H groups in total. The number of nitrogens with zero attached hydrogens (tertiary/aromatic N) is 1. The predicted molar refractivity (Wildman–Crippen MR) is 84.4 cm³/mol. The highest BCUT2D eigenvalue weighted by Gasteiger charge is 2.24. The summed E-state index contributed by atoms with van der Waals surface area (Å²) in [7, 11) is -0.795. The highest BCUT2D eigenvalue weighted by Crippen LogP contribution is 2.29. The minimum absolute atomic E-state index is 0.0113. The first-order valence-electron chi connectivity index (χ1n) is 6.04. The Balaban J connectivity index is 2.47. The molecular weight excluding hydrogens is 312 g/mol. The Morgan fingerprint density at radius 2 is 1.90 bits per heavy atom. The van der Waals surface area contributed by atoms with Crippen molar-refractivity contribution in [3.05, 3.63) is 47.5 Å². The second-order valence-corrected chi connectivity index (χ2v) is 6.73. The summed E-state index contributed by atoms with van der Waals surface area (Å²) in [6.07, 6.45) is 0. The third-order valence-corrected chi connectivity index (χ3v) is 5.12. The summed E-state index contributed by atoms with van der Waals surface area (Å²) >= 11 is 5.80. The van der Waals surface area contributed by atoms with Gasteiger partial charge in [0.2, 0.25) is 0 Å². The first kappa shape index (κ1) is 15.5. The Labute approximate surface area is 128 Å². The van der Waals surface area contributed by atoms with Crippen LogP contribution in [-0.2, 0) is 10.0 Å². The van der Waals surface area contributed by atoms with Gasteiger partial charge in [0.15, 0.2) is 0 Å². The average Bonchev–Trinajstić information content (AvgIpc) is 2.46. The average molecular weight is 327 g/mol. The number of hydrogen-bond donors (Lipinski definition) is 1. The molecule has 0 saturated heterocycles. The third kappa shape index (κ3) is 3.06. The SMILES string of the molecule is COc1cccc(N(C)S(=O)(=O)c2ccc(Cl)cc2N)c1. The number of nitrogen functional groups attached to an aromatic ring is 1. The molecule has 0 aliphatic heterocycles. The zero-order valence-electron chi connectivity index (χ0n) is 11.6. The molecule has 0 aliphatic rings. The first-order valence-corrected chi connectivity index (χ1v) is 7.86. The van der Waals surface area contributed by atoms with Crippen LogP contribution in [0.25, 0.3) is 0 Å². The molecule has 0 spiro atoms. The van der Waals surface area contributed by atoms with Gasteiger partial charge < -0.3 is 10.5 Å². The van der Waals surface area contributed by atoms with Crippen molar-refractivity contribution < 1.29 is 13.2 Å². The van der Waals surface area contributed by atoms with Crippen LogP contribution in [0.1, 0.15) is 0 Å². The maximum Gasteiger partial charge on any atom is 0.266 e. The van der Waals surface area contributed by atoms with E-state index in [-0.39, 0.29) is 10.6 Å². The van der Waals surface area contributed by atoms with E-state index >= 15 is 0 Å². The molecule has 2 aromatic carbocycles. The standard InChI is InChI=1S/C14H15ClN2O3S/c1-17(11-4-3-5-12(9-11)20-2)21(18,19)14-7-6-10(15)8-13(14)16/h3-9H,16H2,1-2H3. The van der Waals surface area contributed by atoms with Gasteiger partial charge in [0, 0.05) is 18.1 Å². The van der Waals surface area contributed by atoms with E-state index in [9.17, 15) is 8.42 Å². The lowest BCUT2D eigenvalue weighted by atomic mass is 10.3. The fourth-order valence-corrected chi connectivity index (χ4v) is 3.31. The van der Waals surface area contributed by atoms with Crippen LogP contribution in [0, 0.1) is 0 Å². The number of nitrogens with two attached hydrogens (primary N) is 1. The number of rotatable bonds is 4.